The Morgan fingerprint density at radius 2 is 2.20 bits per heavy atom. The third-order valence-corrected chi connectivity index (χ3v) is 2.91. The van der Waals surface area contributed by atoms with Crippen molar-refractivity contribution in [1.82, 2.24) is 15.1 Å². The smallest absolute Gasteiger partial charge is 0.397 e. The summed E-state index contributed by atoms with van der Waals surface area (Å²) in [7, 11) is 0. The molecule has 0 aromatic carbocycles. The van der Waals surface area contributed by atoms with Crippen LogP contribution in [0.25, 0.3) is 0 Å². The lowest BCUT2D eigenvalue weighted by molar-refractivity contribution is -0.160. The van der Waals surface area contributed by atoms with E-state index in [4.69, 9.17) is 4.74 Å². The summed E-state index contributed by atoms with van der Waals surface area (Å²) in [6.45, 7) is 2.19. The van der Waals surface area contributed by atoms with Crippen LogP contribution < -0.4 is 4.74 Å². The van der Waals surface area contributed by atoms with Crippen LogP contribution in [0.5, 0.6) is 5.88 Å². The molecule has 0 aliphatic carbocycles. The maximum Gasteiger partial charge on any atom is 0.397 e. The molecule has 1 aromatic heterocycles. The lowest BCUT2D eigenvalue weighted by atomic mass is 10.3. The van der Waals surface area contributed by atoms with E-state index in [-0.39, 0.29) is 19.2 Å². The van der Waals surface area contributed by atoms with E-state index in [0.717, 1.165) is 5.69 Å². The van der Waals surface area contributed by atoms with Gasteiger partial charge in [0.1, 0.15) is 12.5 Å². The number of ether oxygens (including phenoxy) is 1. The molecule has 1 amide bonds. The molecule has 8 heteroatoms. The van der Waals surface area contributed by atoms with Crippen LogP contribution >= 0.6 is 0 Å². The fourth-order valence-electron chi connectivity index (χ4n) is 1.95. The zero-order chi connectivity index (χ0) is 14.8. The molecule has 1 atom stereocenters. The zero-order valence-corrected chi connectivity index (χ0v) is 10.9. The van der Waals surface area contributed by atoms with Crippen molar-refractivity contribution in [3.8, 4) is 5.88 Å². The summed E-state index contributed by atoms with van der Waals surface area (Å²) in [5, 5.41) is 7.63. The Kier molecular flexibility index (Phi) is 4.10. The Morgan fingerprint density at radius 1 is 1.45 bits per heavy atom. The molecule has 1 aromatic rings. The van der Waals surface area contributed by atoms with Gasteiger partial charge in [0.05, 0.1) is 12.2 Å². The van der Waals surface area contributed by atoms with Gasteiger partial charge in [0.2, 0.25) is 11.8 Å². The highest BCUT2D eigenvalue weighted by molar-refractivity contribution is 5.77. The van der Waals surface area contributed by atoms with Crippen LogP contribution in [0.1, 0.15) is 18.5 Å². The number of rotatable bonds is 3. The minimum atomic E-state index is -4.47. The van der Waals surface area contributed by atoms with Crippen molar-refractivity contribution in [2.24, 2.45) is 0 Å². The number of halogens is 3. The fraction of sp³-hybridized carbons (Fsp3) is 0.583. The number of amides is 1. The molecule has 110 valence electrons. The van der Waals surface area contributed by atoms with Crippen LogP contribution in [-0.4, -0.2) is 46.4 Å². The van der Waals surface area contributed by atoms with Gasteiger partial charge in [-0.15, -0.1) is 5.10 Å². The molecule has 0 spiro atoms. The summed E-state index contributed by atoms with van der Waals surface area (Å²) >= 11 is 0. The standard InChI is InChI=1S/C12H14F3N3O2/c1-8-2-3-10(17-16-8)20-9-4-5-18(7-9)11(19)6-12(13,14)15/h2-3,9H,4-7H2,1H3/t9-/m0/s1. The molecule has 0 radical (unpaired) electrons. The number of carbonyl (C=O) groups is 1. The van der Waals surface area contributed by atoms with Gasteiger partial charge in [-0.25, -0.2) is 0 Å². The van der Waals surface area contributed by atoms with E-state index in [1.165, 1.54) is 4.90 Å². The van der Waals surface area contributed by atoms with E-state index in [0.29, 0.717) is 12.3 Å². The second-order valence-corrected chi connectivity index (χ2v) is 4.67. The van der Waals surface area contributed by atoms with E-state index in [9.17, 15) is 18.0 Å². The zero-order valence-electron chi connectivity index (χ0n) is 10.9. The Hall–Kier alpha value is -1.86. The third-order valence-electron chi connectivity index (χ3n) is 2.91. The molecule has 0 saturated carbocycles. The number of carbonyl (C=O) groups excluding carboxylic acids is 1. The van der Waals surface area contributed by atoms with E-state index in [2.05, 4.69) is 10.2 Å². The number of alkyl halides is 3. The van der Waals surface area contributed by atoms with Gasteiger partial charge in [-0.3, -0.25) is 4.79 Å². The Morgan fingerprint density at radius 3 is 2.80 bits per heavy atom. The monoisotopic (exact) mass is 289 g/mol. The van der Waals surface area contributed by atoms with Crippen LogP contribution in [-0.2, 0) is 4.79 Å². The number of hydrogen-bond acceptors (Lipinski definition) is 4. The summed E-state index contributed by atoms with van der Waals surface area (Å²) in [6, 6.07) is 3.37. The summed E-state index contributed by atoms with van der Waals surface area (Å²) in [5.74, 6) is -0.607. The number of hydrogen-bond donors (Lipinski definition) is 0. The molecule has 0 N–H and O–H groups in total. The first kappa shape index (κ1) is 14.5. The maximum atomic E-state index is 12.1. The first-order valence-corrected chi connectivity index (χ1v) is 6.15. The Labute approximate surface area is 113 Å². The van der Waals surface area contributed by atoms with Gasteiger partial charge in [0.15, 0.2) is 0 Å². The fourth-order valence-corrected chi connectivity index (χ4v) is 1.95. The second-order valence-electron chi connectivity index (χ2n) is 4.67. The molecule has 1 aliphatic heterocycles. The lowest BCUT2D eigenvalue weighted by Crippen LogP contribution is -2.34. The SMILES string of the molecule is Cc1ccc(O[C@H]2CCN(C(=O)CC(F)(F)F)C2)nn1. The van der Waals surface area contributed by atoms with E-state index in [1.54, 1.807) is 19.1 Å². The molecule has 0 unspecified atom stereocenters. The summed E-state index contributed by atoms with van der Waals surface area (Å²) in [4.78, 5) is 12.6. The number of likely N-dealkylation sites (tertiary alicyclic amines) is 1. The minimum Gasteiger partial charge on any atom is -0.471 e. The van der Waals surface area contributed by atoms with Crippen molar-refractivity contribution >= 4 is 5.91 Å². The van der Waals surface area contributed by atoms with Crippen molar-refractivity contribution in [2.45, 2.75) is 32.0 Å². The summed E-state index contributed by atoms with van der Waals surface area (Å²) < 4.78 is 41.9. The second kappa shape index (κ2) is 5.64. The van der Waals surface area contributed by atoms with Gasteiger partial charge >= 0.3 is 6.18 Å². The van der Waals surface area contributed by atoms with Crippen molar-refractivity contribution in [3.05, 3.63) is 17.8 Å². The van der Waals surface area contributed by atoms with Crippen molar-refractivity contribution in [3.63, 3.8) is 0 Å². The number of aryl methyl sites for hydroxylation is 1. The average molecular weight is 289 g/mol. The molecule has 2 rings (SSSR count). The van der Waals surface area contributed by atoms with Crippen LogP contribution in [0.15, 0.2) is 12.1 Å². The average Bonchev–Trinajstić information content (AvgIpc) is 2.79. The van der Waals surface area contributed by atoms with Crippen LogP contribution in [0.3, 0.4) is 0 Å². The first-order chi connectivity index (χ1) is 9.33. The van der Waals surface area contributed by atoms with Crippen LogP contribution in [0, 0.1) is 6.92 Å². The maximum absolute atomic E-state index is 12.1. The minimum absolute atomic E-state index is 0.143. The van der Waals surface area contributed by atoms with Gasteiger partial charge < -0.3 is 9.64 Å². The molecule has 1 fully saturated rings. The number of aromatic nitrogens is 2. The van der Waals surface area contributed by atoms with Gasteiger partial charge in [0.25, 0.3) is 0 Å². The normalized spacial score (nSPS) is 19.2. The van der Waals surface area contributed by atoms with Gasteiger partial charge in [-0.1, -0.05) is 0 Å². The van der Waals surface area contributed by atoms with Gasteiger partial charge in [-0.05, 0) is 13.0 Å². The van der Waals surface area contributed by atoms with Gasteiger partial charge in [-0.2, -0.15) is 18.3 Å². The quantitative estimate of drug-likeness (QED) is 0.850. The highest BCUT2D eigenvalue weighted by Gasteiger charge is 2.36. The van der Waals surface area contributed by atoms with E-state index < -0.39 is 18.5 Å². The van der Waals surface area contributed by atoms with Crippen molar-refractivity contribution in [2.75, 3.05) is 13.1 Å². The topological polar surface area (TPSA) is 55.3 Å². The molecule has 20 heavy (non-hydrogen) atoms. The molecule has 0 bridgehead atoms. The van der Waals surface area contributed by atoms with Gasteiger partial charge in [0, 0.05) is 19.0 Å². The van der Waals surface area contributed by atoms with Crippen molar-refractivity contribution < 1.29 is 22.7 Å². The lowest BCUT2D eigenvalue weighted by Gasteiger charge is -2.17. The highest BCUT2D eigenvalue weighted by atomic mass is 19.4. The van der Waals surface area contributed by atoms with Crippen LogP contribution in [0.2, 0.25) is 0 Å². The third kappa shape index (κ3) is 4.07. The Bertz CT molecular complexity index is 476. The van der Waals surface area contributed by atoms with E-state index >= 15 is 0 Å². The predicted molar refractivity (Wildman–Crippen MR) is 63.1 cm³/mol. The molecule has 1 saturated heterocycles. The summed E-state index contributed by atoms with van der Waals surface area (Å²) in [5.41, 5.74) is 0.741. The molecular formula is C12H14F3N3O2. The van der Waals surface area contributed by atoms with E-state index in [1.807, 2.05) is 0 Å². The molecule has 5 nitrogen and oxygen atoms in total. The van der Waals surface area contributed by atoms with Crippen LogP contribution in [0.4, 0.5) is 13.2 Å². The first-order valence-electron chi connectivity index (χ1n) is 6.15. The largest absolute Gasteiger partial charge is 0.471 e. The molecule has 2 heterocycles. The number of nitrogens with zero attached hydrogens (tertiary/aromatic N) is 3. The highest BCUT2D eigenvalue weighted by Crippen LogP contribution is 2.23. The summed E-state index contributed by atoms with van der Waals surface area (Å²) in [6.07, 6.45) is -5.76. The molecule has 1 aliphatic rings. The predicted octanol–water partition coefficient (Wildman–Crippen LogP) is 1.72. The molecular weight excluding hydrogens is 275 g/mol. The Balaban J connectivity index is 1.86. The van der Waals surface area contributed by atoms with Crippen molar-refractivity contribution in [1.29, 1.82) is 0 Å².